The number of hydrogen-bond acceptors (Lipinski definition) is 4. The fourth-order valence-electron chi connectivity index (χ4n) is 2.61. The van der Waals surface area contributed by atoms with Gasteiger partial charge in [0.1, 0.15) is 0 Å². The summed E-state index contributed by atoms with van der Waals surface area (Å²) in [5, 5.41) is 10.6. The zero-order valence-electron chi connectivity index (χ0n) is 10.8. The standard InChI is InChI=1S/C13H18BrNO3S/c1-9-2-3-10(11(14)6-9)12(16)13(7-15)4-5-19(17,18)8-13/h2-3,6,12,16H,4-5,7-8,15H2,1H3. The molecule has 2 unspecified atom stereocenters. The third-order valence-corrected chi connectivity index (χ3v) is 6.38. The van der Waals surface area contributed by atoms with Crippen LogP contribution in [0.3, 0.4) is 0 Å². The Bertz CT molecular complexity index is 588. The van der Waals surface area contributed by atoms with E-state index in [1.165, 1.54) is 0 Å². The number of sulfone groups is 1. The van der Waals surface area contributed by atoms with E-state index in [0.717, 1.165) is 10.0 Å². The Kier molecular flexibility index (Phi) is 4.07. The van der Waals surface area contributed by atoms with Gasteiger partial charge in [-0.2, -0.15) is 0 Å². The van der Waals surface area contributed by atoms with E-state index in [1.807, 2.05) is 25.1 Å². The smallest absolute Gasteiger partial charge is 0.151 e. The van der Waals surface area contributed by atoms with Gasteiger partial charge in [0.2, 0.25) is 0 Å². The van der Waals surface area contributed by atoms with Crippen molar-refractivity contribution in [3.8, 4) is 0 Å². The van der Waals surface area contributed by atoms with E-state index in [1.54, 1.807) is 0 Å². The van der Waals surface area contributed by atoms with Gasteiger partial charge in [-0.15, -0.1) is 0 Å². The van der Waals surface area contributed by atoms with E-state index in [2.05, 4.69) is 15.9 Å². The highest BCUT2D eigenvalue weighted by Gasteiger charge is 2.47. The van der Waals surface area contributed by atoms with Gasteiger partial charge >= 0.3 is 0 Å². The van der Waals surface area contributed by atoms with Crippen molar-refractivity contribution in [2.45, 2.75) is 19.4 Å². The molecule has 0 aromatic heterocycles. The molecule has 2 rings (SSSR count). The number of aliphatic hydroxyl groups excluding tert-OH is 1. The minimum atomic E-state index is -3.10. The molecule has 0 saturated carbocycles. The first-order valence-electron chi connectivity index (χ1n) is 6.14. The predicted molar refractivity (Wildman–Crippen MR) is 78.6 cm³/mol. The van der Waals surface area contributed by atoms with Crippen LogP contribution < -0.4 is 5.73 Å². The lowest BCUT2D eigenvalue weighted by molar-refractivity contribution is 0.0466. The molecule has 1 fully saturated rings. The molecule has 19 heavy (non-hydrogen) atoms. The SMILES string of the molecule is Cc1ccc(C(O)C2(CN)CCS(=O)(=O)C2)c(Br)c1. The normalized spacial score (nSPS) is 27.4. The molecule has 106 valence electrons. The minimum absolute atomic E-state index is 0.0437. The average Bonchev–Trinajstić information content (AvgIpc) is 2.65. The summed E-state index contributed by atoms with van der Waals surface area (Å²) in [6.45, 7) is 2.12. The van der Waals surface area contributed by atoms with Crippen molar-refractivity contribution >= 4 is 25.8 Å². The van der Waals surface area contributed by atoms with Crippen molar-refractivity contribution in [1.82, 2.24) is 0 Å². The summed E-state index contributed by atoms with van der Waals surface area (Å²) in [5.41, 5.74) is 6.78. The molecule has 4 nitrogen and oxygen atoms in total. The number of benzene rings is 1. The van der Waals surface area contributed by atoms with Crippen LogP contribution in [0.5, 0.6) is 0 Å². The topological polar surface area (TPSA) is 80.4 Å². The summed E-state index contributed by atoms with van der Waals surface area (Å²) in [5.74, 6) is 0.0583. The van der Waals surface area contributed by atoms with E-state index in [0.29, 0.717) is 12.0 Å². The molecular formula is C13H18BrNO3S. The third kappa shape index (κ3) is 2.86. The molecule has 0 bridgehead atoms. The van der Waals surface area contributed by atoms with Crippen LogP contribution in [-0.2, 0) is 9.84 Å². The molecule has 1 saturated heterocycles. The molecular weight excluding hydrogens is 330 g/mol. The Labute approximate surface area is 122 Å². The lowest BCUT2D eigenvalue weighted by atomic mass is 9.78. The number of aliphatic hydroxyl groups is 1. The second kappa shape index (κ2) is 5.16. The quantitative estimate of drug-likeness (QED) is 0.869. The van der Waals surface area contributed by atoms with Gasteiger partial charge in [0.15, 0.2) is 9.84 Å². The molecule has 1 aromatic carbocycles. The molecule has 0 spiro atoms. The molecule has 6 heteroatoms. The van der Waals surface area contributed by atoms with Crippen molar-refractivity contribution in [2.75, 3.05) is 18.1 Å². The van der Waals surface area contributed by atoms with Crippen molar-refractivity contribution in [3.05, 3.63) is 33.8 Å². The molecule has 1 aromatic rings. The summed E-state index contributed by atoms with van der Waals surface area (Å²) < 4.78 is 24.2. The highest BCUT2D eigenvalue weighted by Crippen LogP contribution is 2.44. The zero-order chi connectivity index (χ0) is 14.3. The van der Waals surface area contributed by atoms with Crippen molar-refractivity contribution in [1.29, 1.82) is 0 Å². The number of rotatable bonds is 3. The Balaban J connectivity index is 2.39. The summed E-state index contributed by atoms with van der Waals surface area (Å²) in [6.07, 6.45) is -0.461. The predicted octanol–water partition coefficient (Wildman–Crippen LogP) is 1.55. The fraction of sp³-hybridized carbons (Fsp3) is 0.538. The van der Waals surface area contributed by atoms with E-state index < -0.39 is 21.4 Å². The first-order valence-corrected chi connectivity index (χ1v) is 8.76. The second-order valence-electron chi connectivity index (χ2n) is 5.34. The Morgan fingerprint density at radius 2 is 2.21 bits per heavy atom. The summed E-state index contributed by atoms with van der Waals surface area (Å²) >= 11 is 3.43. The van der Waals surface area contributed by atoms with Crippen molar-refractivity contribution in [2.24, 2.45) is 11.1 Å². The van der Waals surface area contributed by atoms with Gasteiger partial charge in [0.05, 0.1) is 17.6 Å². The van der Waals surface area contributed by atoms with E-state index in [-0.39, 0.29) is 18.1 Å². The van der Waals surface area contributed by atoms with E-state index in [9.17, 15) is 13.5 Å². The van der Waals surface area contributed by atoms with E-state index in [4.69, 9.17) is 5.73 Å². The number of hydrogen-bond donors (Lipinski definition) is 2. The Hall–Kier alpha value is -0.430. The molecule has 0 amide bonds. The van der Waals surface area contributed by atoms with Crippen LogP contribution in [-0.4, -0.2) is 31.6 Å². The molecule has 2 atom stereocenters. The van der Waals surface area contributed by atoms with Crippen LogP contribution in [0.15, 0.2) is 22.7 Å². The van der Waals surface area contributed by atoms with Gasteiger partial charge < -0.3 is 10.8 Å². The molecule has 0 aliphatic carbocycles. The maximum Gasteiger partial charge on any atom is 0.151 e. The highest BCUT2D eigenvalue weighted by atomic mass is 79.9. The summed E-state index contributed by atoms with van der Waals surface area (Å²) in [7, 11) is -3.10. The lowest BCUT2D eigenvalue weighted by Crippen LogP contribution is -2.38. The van der Waals surface area contributed by atoms with Gasteiger partial charge in [0.25, 0.3) is 0 Å². The molecule has 1 heterocycles. The molecule has 3 N–H and O–H groups in total. The maximum absolute atomic E-state index is 11.7. The maximum atomic E-state index is 11.7. The van der Waals surface area contributed by atoms with Crippen LogP contribution in [0.25, 0.3) is 0 Å². The van der Waals surface area contributed by atoms with Crippen LogP contribution in [0.2, 0.25) is 0 Å². The average molecular weight is 348 g/mol. The van der Waals surface area contributed by atoms with Crippen LogP contribution in [0, 0.1) is 12.3 Å². The highest BCUT2D eigenvalue weighted by molar-refractivity contribution is 9.10. The van der Waals surface area contributed by atoms with Crippen LogP contribution >= 0.6 is 15.9 Å². The van der Waals surface area contributed by atoms with Gasteiger partial charge in [-0.1, -0.05) is 28.1 Å². The minimum Gasteiger partial charge on any atom is -0.388 e. The summed E-state index contributed by atoms with van der Waals surface area (Å²) in [6, 6.07) is 5.63. The lowest BCUT2D eigenvalue weighted by Gasteiger charge is -2.32. The number of aryl methyl sites for hydroxylation is 1. The van der Waals surface area contributed by atoms with E-state index >= 15 is 0 Å². The van der Waals surface area contributed by atoms with Gasteiger partial charge in [-0.3, -0.25) is 0 Å². The second-order valence-corrected chi connectivity index (χ2v) is 8.37. The first-order chi connectivity index (χ1) is 8.80. The third-order valence-electron chi connectivity index (χ3n) is 3.86. The van der Waals surface area contributed by atoms with Gasteiger partial charge in [-0.25, -0.2) is 8.42 Å². The number of halogens is 1. The molecule has 1 aliphatic heterocycles. The number of nitrogens with two attached hydrogens (primary N) is 1. The van der Waals surface area contributed by atoms with Crippen molar-refractivity contribution in [3.63, 3.8) is 0 Å². The first kappa shape index (κ1) is 15.0. The van der Waals surface area contributed by atoms with Gasteiger partial charge in [-0.05, 0) is 30.5 Å². The Morgan fingerprint density at radius 1 is 1.53 bits per heavy atom. The molecule has 1 aliphatic rings. The van der Waals surface area contributed by atoms with Crippen molar-refractivity contribution < 1.29 is 13.5 Å². The zero-order valence-corrected chi connectivity index (χ0v) is 13.2. The summed E-state index contributed by atoms with van der Waals surface area (Å²) in [4.78, 5) is 0. The molecule has 0 radical (unpaired) electrons. The monoisotopic (exact) mass is 347 g/mol. The Morgan fingerprint density at radius 3 is 2.68 bits per heavy atom. The fourth-order valence-corrected chi connectivity index (χ4v) is 5.48. The van der Waals surface area contributed by atoms with Crippen LogP contribution in [0.4, 0.5) is 0 Å². The van der Waals surface area contributed by atoms with Crippen LogP contribution in [0.1, 0.15) is 23.7 Å². The largest absolute Gasteiger partial charge is 0.388 e. The van der Waals surface area contributed by atoms with Gasteiger partial charge in [0, 0.05) is 16.4 Å².